The van der Waals surface area contributed by atoms with Gasteiger partial charge in [-0.05, 0) is 47.5 Å². The highest BCUT2D eigenvalue weighted by molar-refractivity contribution is 6.19. The maximum absolute atomic E-state index is 13.4. The van der Waals surface area contributed by atoms with E-state index in [4.69, 9.17) is 16.7 Å². The van der Waals surface area contributed by atoms with E-state index in [1.807, 2.05) is 35.1 Å². The van der Waals surface area contributed by atoms with Crippen LogP contribution in [0.4, 0.5) is 4.39 Å². The summed E-state index contributed by atoms with van der Waals surface area (Å²) in [4.78, 5) is 4.34. The van der Waals surface area contributed by atoms with Crippen LogP contribution in [-0.2, 0) is 5.88 Å². The lowest BCUT2D eigenvalue weighted by molar-refractivity contribution is 0.627. The number of hydrogen-bond donors (Lipinski definition) is 0. The minimum Gasteiger partial charge on any atom is -0.264 e. The van der Waals surface area contributed by atoms with Crippen molar-refractivity contribution < 1.29 is 4.39 Å². The lowest BCUT2D eigenvalue weighted by Gasteiger charge is -2.10. The average molecular weight is 388 g/mol. The Hall–Kier alpha value is -3.24. The Labute approximate surface area is 166 Å². The summed E-state index contributed by atoms with van der Waals surface area (Å²) < 4.78 is 15.3. The number of benzene rings is 3. The summed E-state index contributed by atoms with van der Waals surface area (Å²) in [6, 6.07) is 20.6. The first-order valence-electron chi connectivity index (χ1n) is 8.92. The smallest absolute Gasteiger partial charge is 0.123 e. The second-order valence-electron chi connectivity index (χ2n) is 6.58. The number of alkyl halides is 1. The van der Waals surface area contributed by atoms with Gasteiger partial charge in [-0.25, -0.2) is 9.07 Å². The number of rotatable bonds is 3. The van der Waals surface area contributed by atoms with Crippen molar-refractivity contribution in [2.75, 3.05) is 0 Å². The first-order valence-corrected chi connectivity index (χ1v) is 9.45. The standard InChI is InChI=1S/C23H15ClFN3/c24-13-22-20-12-19(15-4-2-1-3-5-15)21-14-26-11-10-18(21)23(20)28(27-22)17-8-6-16(25)7-9-17/h1-12,14H,13H2. The molecule has 0 saturated carbocycles. The van der Waals surface area contributed by atoms with Crippen LogP contribution in [-0.4, -0.2) is 14.8 Å². The summed E-state index contributed by atoms with van der Waals surface area (Å²) in [6.07, 6.45) is 3.65. The van der Waals surface area contributed by atoms with Gasteiger partial charge in [0.25, 0.3) is 0 Å². The summed E-state index contributed by atoms with van der Waals surface area (Å²) in [5.74, 6) is 0.00777. The van der Waals surface area contributed by atoms with Gasteiger partial charge < -0.3 is 0 Å². The monoisotopic (exact) mass is 387 g/mol. The highest BCUT2D eigenvalue weighted by atomic mass is 35.5. The second-order valence-corrected chi connectivity index (χ2v) is 6.84. The molecule has 0 fully saturated rings. The minimum atomic E-state index is -0.279. The Balaban J connectivity index is 1.91. The first-order chi connectivity index (χ1) is 13.8. The van der Waals surface area contributed by atoms with Gasteiger partial charge in [0.15, 0.2) is 0 Å². The van der Waals surface area contributed by atoms with Crippen LogP contribution >= 0.6 is 11.6 Å². The van der Waals surface area contributed by atoms with Gasteiger partial charge >= 0.3 is 0 Å². The first kappa shape index (κ1) is 16.9. The van der Waals surface area contributed by atoms with Crippen molar-refractivity contribution in [2.45, 2.75) is 5.88 Å². The van der Waals surface area contributed by atoms with Crippen LogP contribution < -0.4 is 0 Å². The number of nitrogens with zero attached hydrogens (tertiary/aromatic N) is 3. The van der Waals surface area contributed by atoms with Crippen LogP contribution in [0.1, 0.15) is 5.69 Å². The van der Waals surface area contributed by atoms with Gasteiger partial charge in [0.1, 0.15) is 5.82 Å². The van der Waals surface area contributed by atoms with Crippen LogP contribution in [0, 0.1) is 5.82 Å². The van der Waals surface area contributed by atoms with Crippen molar-refractivity contribution in [1.82, 2.24) is 14.8 Å². The van der Waals surface area contributed by atoms with Crippen LogP contribution in [0.3, 0.4) is 0 Å². The molecule has 0 atom stereocenters. The van der Waals surface area contributed by atoms with Crippen LogP contribution in [0.15, 0.2) is 79.1 Å². The predicted molar refractivity (Wildman–Crippen MR) is 111 cm³/mol. The third-order valence-electron chi connectivity index (χ3n) is 4.94. The van der Waals surface area contributed by atoms with E-state index in [0.29, 0.717) is 0 Å². The van der Waals surface area contributed by atoms with Crippen molar-refractivity contribution in [3.8, 4) is 16.8 Å². The summed E-state index contributed by atoms with van der Waals surface area (Å²) in [6.45, 7) is 0. The largest absolute Gasteiger partial charge is 0.264 e. The third kappa shape index (κ3) is 2.65. The molecule has 0 N–H and O–H groups in total. The van der Waals surface area contributed by atoms with Crippen LogP contribution in [0.5, 0.6) is 0 Å². The molecule has 0 unspecified atom stereocenters. The maximum Gasteiger partial charge on any atom is 0.123 e. The van der Waals surface area contributed by atoms with Crippen molar-refractivity contribution in [3.05, 3.63) is 90.6 Å². The molecule has 0 bridgehead atoms. The third-order valence-corrected chi connectivity index (χ3v) is 5.19. The van der Waals surface area contributed by atoms with E-state index in [0.717, 1.165) is 44.2 Å². The van der Waals surface area contributed by atoms with E-state index >= 15 is 0 Å². The summed E-state index contributed by atoms with van der Waals surface area (Å²) in [7, 11) is 0. The molecule has 3 aromatic carbocycles. The highest BCUT2D eigenvalue weighted by Gasteiger charge is 2.17. The van der Waals surface area contributed by atoms with E-state index in [9.17, 15) is 4.39 Å². The number of halogens is 2. The second kappa shape index (κ2) is 6.73. The lowest BCUT2D eigenvalue weighted by atomic mass is 9.96. The Morgan fingerprint density at radius 1 is 0.893 bits per heavy atom. The van der Waals surface area contributed by atoms with Crippen LogP contribution in [0.2, 0.25) is 0 Å². The molecule has 0 amide bonds. The molecule has 5 heteroatoms. The topological polar surface area (TPSA) is 30.7 Å². The molecule has 0 spiro atoms. The molecule has 0 aliphatic carbocycles. The van der Waals surface area contributed by atoms with Crippen molar-refractivity contribution >= 4 is 33.3 Å². The van der Waals surface area contributed by atoms with E-state index in [2.05, 4.69) is 23.2 Å². The fourth-order valence-corrected chi connectivity index (χ4v) is 3.85. The molecule has 0 radical (unpaired) electrons. The van der Waals surface area contributed by atoms with E-state index < -0.39 is 0 Å². The lowest BCUT2D eigenvalue weighted by Crippen LogP contribution is -1.97. The van der Waals surface area contributed by atoms with Crippen molar-refractivity contribution in [2.24, 2.45) is 0 Å². The number of pyridine rings is 1. The Morgan fingerprint density at radius 3 is 2.43 bits per heavy atom. The molecule has 0 saturated heterocycles. The zero-order valence-corrected chi connectivity index (χ0v) is 15.6. The molecule has 2 heterocycles. The highest BCUT2D eigenvalue weighted by Crippen LogP contribution is 2.37. The molecule has 136 valence electrons. The van der Waals surface area contributed by atoms with Gasteiger partial charge in [0.2, 0.25) is 0 Å². The van der Waals surface area contributed by atoms with Crippen molar-refractivity contribution in [3.63, 3.8) is 0 Å². The molecule has 3 nitrogen and oxygen atoms in total. The SMILES string of the molecule is Fc1ccc(-n2nc(CCl)c3cc(-c4ccccc4)c4cnccc4c32)cc1. The van der Waals surface area contributed by atoms with Gasteiger partial charge in [-0.2, -0.15) is 5.10 Å². The fourth-order valence-electron chi connectivity index (χ4n) is 3.65. The van der Waals surface area contributed by atoms with Gasteiger partial charge in [-0.1, -0.05) is 30.3 Å². The van der Waals surface area contributed by atoms with E-state index in [1.165, 1.54) is 12.1 Å². The quantitative estimate of drug-likeness (QED) is 0.349. The van der Waals surface area contributed by atoms with E-state index in [1.54, 1.807) is 18.3 Å². The molecule has 5 rings (SSSR count). The van der Waals surface area contributed by atoms with E-state index in [-0.39, 0.29) is 11.7 Å². The van der Waals surface area contributed by atoms with Gasteiger partial charge in [0.05, 0.1) is 22.8 Å². The molecular formula is C23H15ClFN3. The normalized spacial score (nSPS) is 11.4. The Bertz CT molecular complexity index is 1290. The average Bonchev–Trinajstić information content (AvgIpc) is 3.13. The van der Waals surface area contributed by atoms with Gasteiger partial charge in [-0.3, -0.25) is 4.98 Å². The summed E-state index contributed by atoms with van der Waals surface area (Å²) in [5.41, 5.74) is 4.71. The molecule has 2 aromatic heterocycles. The predicted octanol–water partition coefficient (Wildman–Crippen LogP) is 6.12. The molecule has 5 aromatic rings. The Morgan fingerprint density at radius 2 is 1.68 bits per heavy atom. The van der Waals surface area contributed by atoms with Crippen molar-refractivity contribution in [1.29, 1.82) is 0 Å². The summed E-state index contributed by atoms with van der Waals surface area (Å²) >= 11 is 6.23. The number of aromatic nitrogens is 3. The molecule has 28 heavy (non-hydrogen) atoms. The zero-order valence-electron chi connectivity index (χ0n) is 14.8. The molecule has 0 aliphatic rings. The number of hydrogen-bond acceptors (Lipinski definition) is 2. The summed E-state index contributed by atoms with van der Waals surface area (Å²) in [5, 5.41) is 7.78. The maximum atomic E-state index is 13.4. The molecule has 0 aliphatic heterocycles. The number of fused-ring (bicyclic) bond motifs is 3. The fraction of sp³-hybridized carbons (Fsp3) is 0.0435. The zero-order chi connectivity index (χ0) is 19.1. The Kier molecular flexibility index (Phi) is 4.06. The van der Waals surface area contributed by atoms with Gasteiger partial charge in [0, 0.05) is 28.6 Å². The van der Waals surface area contributed by atoms with Gasteiger partial charge in [-0.15, -0.1) is 11.6 Å². The minimum absolute atomic E-state index is 0.279. The van der Waals surface area contributed by atoms with Crippen LogP contribution in [0.25, 0.3) is 38.5 Å². The molecular weight excluding hydrogens is 373 g/mol.